The van der Waals surface area contributed by atoms with Gasteiger partial charge in [-0.1, -0.05) is 11.3 Å². The number of aromatic nitrogens is 1. The SMILES string of the molecule is CN(C)CCN(C(=O)CCSc1ccc(F)cc1)c1nc2ccc(S(C)(=O)=O)cc2s1.Cl. The summed E-state index contributed by atoms with van der Waals surface area (Å²) in [6, 6.07) is 11.0. The fourth-order valence-corrected chi connectivity index (χ4v) is 5.40. The van der Waals surface area contributed by atoms with Gasteiger partial charge < -0.3 is 4.90 Å². The average Bonchev–Trinajstić information content (AvgIpc) is 3.11. The maximum Gasteiger partial charge on any atom is 0.229 e. The molecular formula is C21H25ClFN3O3S3. The zero-order valence-corrected chi connectivity index (χ0v) is 21.2. The highest BCUT2D eigenvalue weighted by molar-refractivity contribution is 7.99. The average molecular weight is 518 g/mol. The number of benzene rings is 2. The molecule has 0 bridgehead atoms. The Hall–Kier alpha value is -1.72. The van der Waals surface area contributed by atoms with Crippen LogP contribution in [-0.2, 0) is 14.6 Å². The molecule has 11 heteroatoms. The van der Waals surface area contributed by atoms with Gasteiger partial charge in [0, 0.05) is 36.4 Å². The first-order valence-corrected chi connectivity index (χ1v) is 13.3. The van der Waals surface area contributed by atoms with Gasteiger partial charge in [0.05, 0.1) is 15.1 Å². The quantitative estimate of drug-likeness (QED) is 0.393. The summed E-state index contributed by atoms with van der Waals surface area (Å²) in [7, 11) is 0.550. The second kappa shape index (κ2) is 11.4. The van der Waals surface area contributed by atoms with Crippen LogP contribution in [0.5, 0.6) is 0 Å². The van der Waals surface area contributed by atoms with Crippen LogP contribution in [0.15, 0.2) is 52.3 Å². The minimum Gasteiger partial charge on any atom is -0.308 e. The first-order valence-electron chi connectivity index (χ1n) is 9.57. The van der Waals surface area contributed by atoms with Crippen molar-refractivity contribution in [2.24, 2.45) is 0 Å². The molecule has 0 saturated heterocycles. The molecule has 1 heterocycles. The Morgan fingerprint density at radius 1 is 1.12 bits per heavy atom. The maximum atomic E-state index is 13.0. The van der Waals surface area contributed by atoms with Crippen LogP contribution in [0, 0.1) is 5.82 Å². The molecule has 0 atom stereocenters. The van der Waals surface area contributed by atoms with E-state index in [9.17, 15) is 17.6 Å². The second-order valence-electron chi connectivity index (χ2n) is 7.30. The molecule has 6 nitrogen and oxygen atoms in total. The first kappa shape index (κ1) is 26.5. The molecule has 0 N–H and O–H groups in total. The molecule has 0 saturated carbocycles. The Morgan fingerprint density at radius 3 is 2.44 bits per heavy atom. The van der Waals surface area contributed by atoms with Crippen LogP contribution in [0.4, 0.5) is 9.52 Å². The zero-order valence-electron chi connectivity index (χ0n) is 17.9. The molecule has 1 aromatic heterocycles. The van der Waals surface area contributed by atoms with E-state index >= 15 is 0 Å². The highest BCUT2D eigenvalue weighted by atomic mass is 35.5. The molecule has 0 aliphatic carbocycles. The molecule has 0 fully saturated rings. The first-order chi connectivity index (χ1) is 14.6. The van der Waals surface area contributed by atoms with Crippen LogP contribution in [0.1, 0.15) is 6.42 Å². The lowest BCUT2D eigenvalue weighted by Gasteiger charge is -2.22. The molecule has 0 radical (unpaired) electrons. The van der Waals surface area contributed by atoms with E-state index < -0.39 is 9.84 Å². The molecule has 174 valence electrons. The third-order valence-corrected chi connectivity index (χ3v) is 7.64. The molecule has 0 aliphatic rings. The van der Waals surface area contributed by atoms with Crippen molar-refractivity contribution in [1.82, 2.24) is 9.88 Å². The Bertz CT molecular complexity index is 1170. The van der Waals surface area contributed by atoms with E-state index in [1.807, 2.05) is 19.0 Å². The van der Waals surface area contributed by atoms with Crippen molar-refractivity contribution in [3.63, 3.8) is 0 Å². The van der Waals surface area contributed by atoms with E-state index in [0.717, 1.165) is 9.60 Å². The summed E-state index contributed by atoms with van der Waals surface area (Å²) in [5.41, 5.74) is 0.663. The number of hydrogen-bond donors (Lipinski definition) is 0. The highest BCUT2D eigenvalue weighted by Gasteiger charge is 2.20. The zero-order chi connectivity index (χ0) is 22.6. The number of amides is 1. The molecule has 3 aromatic rings. The van der Waals surface area contributed by atoms with Gasteiger partial charge in [-0.15, -0.1) is 24.2 Å². The van der Waals surface area contributed by atoms with Crippen LogP contribution < -0.4 is 4.90 Å². The summed E-state index contributed by atoms with van der Waals surface area (Å²) >= 11 is 2.81. The maximum absolute atomic E-state index is 13.0. The van der Waals surface area contributed by atoms with Crippen LogP contribution >= 0.6 is 35.5 Å². The Morgan fingerprint density at radius 2 is 1.81 bits per heavy atom. The number of halogens is 2. The molecule has 1 amide bonds. The van der Waals surface area contributed by atoms with Gasteiger partial charge >= 0.3 is 0 Å². The fourth-order valence-electron chi connectivity index (χ4n) is 2.79. The van der Waals surface area contributed by atoms with Crippen molar-refractivity contribution >= 4 is 66.6 Å². The van der Waals surface area contributed by atoms with Crippen molar-refractivity contribution in [1.29, 1.82) is 0 Å². The molecule has 0 aliphatic heterocycles. The van der Waals surface area contributed by atoms with Gasteiger partial charge in [-0.25, -0.2) is 17.8 Å². The van der Waals surface area contributed by atoms with Crippen molar-refractivity contribution in [3.8, 4) is 0 Å². The summed E-state index contributed by atoms with van der Waals surface area (Å²) in [5.74, 6) is 0.218. The summed E-state index contributed by atoms with van der Waals surface area (Å²) in [6.07, 6.45) is 1.47. The van der Waals surface area contributed by atoms with Crippen LogP contribution in [0.25, 0.3) is 10.2 Å². The molecular weight excluding hydrogens is 493 g/mol. The number of nitrogens with zero attached hydrogens (tertiary/aromatic N) is 3. The van der Waals surface area contributed by atoms with Gasteiger partial charge in [0.2, 0.25) is 5.91 Å². The van der Waals surface area contributed by atoms with Crippen LogP contribution in [-0.4, -0.2) is 63.4 Å². The number of thiazole rings is 1. The number of rotatable bonds is 9. The third-order valence-electron chi connectivity index (χ3n) is 4.48. The Labute approximate surface area is 202 Å². The summed E-state index contributed by atoms with van der Waals surface area (Å²) in [5, 5.41) is 0.555. The molecule has 32 heavy (non-hydrogen) atoms. The van der Waals surface area contributed by atoms with Crippen molar-refractivity contribution in [2.75, 3.05) is 44.1 Å². The summed E-state index contributed by atoms with van der Waals surface area (Å²) in [6.45, 7) is 1.15. The topological polar surface area (TPSA) is 70.6 Å². The van der Waals surface area contributed by atoms with E-state index in [1.54, 1.807) is 29.2 Å². The van der Waals surface area contributed by atoms with E-state index in [1.165, 1.54) is 47.6 Å². The van der Waals surface area contributed by atoms with Crippen LogP contribution in [0.2, 0.25) is 0 Å². The number of likely N-dealkylation sites (N-methyl/N-ethyl adjacent to an activating group) is 1. The lowest BCUT2D eigenvalue weighted by atomic mass is 10.3. The smallest absolute Gasteiger partial charge is 0.229 e. The van der Waals surface area contributed by atoms with E-state index in [0.29, 0.717) is 35.9 Å². The number of carbonyl (C=O) groups is 1. The summed E-state index contributed by atoms with van der Waals surface area (Å²) in [4.78, 5) is 22.4. The Balaban J connectivity index is 0.00000363. The second-order valence-corrected chi connectivity index (χ2v) is 11.5. The minimum atomic E-state index is -3.32. The minimum absolute atomic E-state index is 0. The lowest BCUT2D eigenvalue weighted by molar-refractivity contribution is -0.118. The van der Waals surface area contributed by atoms with Crippen molar-refractivity contribution in [2.45, 2.75) is 16.2 Å². The Kier molecular flexibility index (Phi) is 9.47. The van der Waals surface area contributed by atoms with Crippen molar-refractivity contribution < 1.29 is 17.6 Å². The monoisotopic (exact) mass is 517 g/mol. The van der Waals surface area contributed by atoms with E-state index in [2.05, 4.69) is 4.98 Å². The number of fused-ring (bicyclic) bond motifs is 1. The number of hydrogen-bond acceptors (Lipinski definition) is 7. The fraction of sp³-hybridized carbons (Fsp3) is 0.333. The molecule has 0 spiro atoms. The predicted molar refractivity (Wildman–Crippen MR) is 133 cm³/mol. The van der Waals surface area contributed by atoms with Crippen molar-refractivity contribution in [3.05, 3.63) is 48.3 Å². The van der Waals surface area contributed by atoms with Gasteiger partial charge in [-0.3, -0.25) is 9.69 Å². The third kappa shape index (κ3) is 7.14. The summed E-state index contributed by atoms with van der Waals surface area (Å²) < 4.78 is 37.5. The number of thioether (sulfide) groups is 1. The predicted octanol–water partition coefficient (Wildman–Crippen LogP) is 4.34. The standard InChI is InChI=1S/C21H24FN3O3S3.ClH/c1-24(2)11-12-25(20(26)10-13-29-16-6-4-15(22)5-7-16)21-23-18-9-8-17(31(3,27)28)14-19(18)30-21;/h4-9,14H,10-13H2,1-3H3;1H. The van der Waals surface area contributed by atoms with Gasteiger partial charge in [0.25, 0.3) is 0 Å². The van der Waals surface area contributed by atoms with E-state index in [-0.39, 0.29) is 29.0 Å². The molecule has 3 rings (SSSR count). The largest absolute Gasteiger partial charge is 0.308 e. The number of carbonyl (C=O) groups excluding carboxylic acids is 1. The van der Waals surface area contributed by atoms with E-state index in [4.69, 9.17) is 0 Å². The number of anilines is 1. The lowest BCUT2D eigenvalue weighted by Crippen LogP contribution is -2.36. The van der Waals surface area contributed by atoms with Gasteiger partial charge in [0.1, 0.15) is 5.82 Å². The normalized spacial score (nSPS) is 11.5. The molecule has 0 unspecified atom stereocenters. The van der Waals surface area contributed by atoms with Gasteiger partial charge in [-0.05, 0) is 56.6 Å². The number of sulfone groups is 1. The van der Waals surface area contributed by atoms with Crippen LogP contribution in [0.3, 0.4) is 0 Å². The van der Waals surface area contributed by atoms with Gasteiger partial charge in [0.15, 0.2) is 15.0 Å². The van der Waals surface area contributed by atoms with Gasteiger partial charge in [-0.2, -0.15) is 0 Å². The molecule has 2 aromatic carbocycles. The highest BCUT2D eigenvalue weighted by Crippen LogP contribution is 2.31.